The lowest BCUT2D eigenvalue weighted by Gasteiger charge is -2.26. The molecule has 28 heavy (non-hydrogen) atoms. The summed E-state index contributed by atoms with van der Waals surface area (Å²) in [5.41, 5.74) is 0.0749. The molecule has 0 saturated heterocycles. The van der Waals surface area contributed by atoms with Crippen LogP contribution in [0.15, 0.2) is 48.7 Å². The van der Waals surface area contributed by atoms with Gasteiger partial charge < -0.3 is 14.6 Å². The van der Waals surface area contributed by atoms with E-state index in [9.17, 15) is 9.90 Å². The first kappa shape index (κ1) is 20.2. The number of nitrogens with zero attached hydrogens (tertiary/aromatic N) is 2. The van der Waals surface area contributed by atoms with Crippen molar-refractivity contribution in [1.82, 2.24) is 9.97 Å². The van der Waals surface area contributed by atoms with Crippen molar-refractivity contribution in [2.24, 2.45) is 0 Å². The Hall–Kier alpha value is -2.51. The number of benzene rings is 2. The molecule has 0 bridgehead atoms. The molecule has 0 spiro atoms. The number of halogens is 1. The number of rotatable bonds is 8. The lowest BCUT2D eigenvalue weighted by atomic mass is 10.0. The van der Waals surface area contributed by atoms with E-state index in [1.165, 1.54) is 6.20 Å². The van der Waals surface area contributed by atoms with Gasteiger partial charge in [-0.25, -0.2) is 14.8 Å². The zero-order valence-corrected chi connectivity index (χ0v) is 17.0. The zero-order chi connectivity index (χ0) is 20.1. The highest BCUT2D eigenvalue weighted by atomic mass is 35.5. The fourth-order valence-corrected chi connectivity index (χ4v) is 3.23. The van der Waals surface area contributed by atoms with E-state index < -0.39 is 11.6 Å². The summed E-state index contributed by atoms with van der Waals surface area (Å²) in [5.74, 6) is 1.04. The topological polar surface area (TPSA) is 81.5 Å². The van der Waals surface area contributed by atoms with Crippen LogP contribution in [0.5, 0.6) is 17.4 Å². The lowest BCUT2D eigenvalue weighted by molar-refractivity contribution is -0.153. The van der Waals surface area contributed by atoms with Crippen LogP contribution in [-0.4, -0.2) is 38.7 Å². The van der Waals surface area contributed by atoms with Crippen LogP contribution in [0.3, 0.4) is 0 Å². The highest BCUT2D eigenvalue weighted by Gasteiger charge is 2.35. The maximum Gasteiger partial charge on any atom is 0.347 e. The van der Waals surface area contributed by atoms with Crippen LogP contribution in [0.4, 0.5) is 0 Å². The average molecular weight is 419 g/mol. The molecule has 1 atom stereocenters. The Kier molecular flexibility index (Phi) is 6.26. The van der Waals surface area contributed by atoms with E-state index in [2.05, 4.69) is 9.97 Å². The van der Waals surface area contributed by atoms with E-state index in [1.54, 1.807) is 61.2 Å². The Bertz CT molecular complexity index is 984. The van der Waals surface area contributed by atoms with Crippen molar-refractivity contribution >= 4 is 40.4 Å². The fraction of sp³-hybridized carbons (Fsp3) is 0.250. The van der Waals surface area contributed by atoms with Crippen molar-refractivity contribution in [2.75, 3.05) is 12.0 Å². The Morgan fingerprint density at radius 1 is 1.18 bits per heavy atom. The Balaban J connectivity index is 1.72. The second-order valence-corrected chi connectivity index (χ2v) is 7.72. The minimum Gasteiger partial charge on any atom is -0.478 e. The van der Waals surface area contributed by atoms with Crippen LogP contribution in [0.1, 0.15) is 13.3 Å². The summed E-state index contributed by atoms with van der Waals surface area (Å²) in [6, 6.07) is 12.0. The molecule has 1 heterocycles. The summed E-state index contributed by atoms with van der Waals surface area (Å²) in [7, 11) is 0. The Morgan fingerprint density at radius 2 is 1.89 bits per heavy atom. The smallest absolute Gasteiger partial charge is 0.347 e. The summed E-state index contributed by atoms with van der Waals surface area (Å²) in [5, 5.41) is 10.1. The van der Waals surface area contributed by atoms with Gasteiger partial charge in [-0.2, -0.15) is 11.8 Å². The number of ether oxygens (including phenoxy) is 2. The van der Waals surface area contributed by atoms with E-state index in [0.29, 0.717) is 45.6 Å². The predicted octanol–water partition coefficient (Wildman–Crippen LogP) is 5.05. The standard InChI is InChI=1S/C20H19ClN2O4S/c1-20(19(24)25,9-10-28-2)27-15-6-4-14(5-7-15)26-18-12-22-17-11-13(21)3-8-16(17)23-18/h3-8,11-12H,9-10H2,1-2H3,(H,24,25). The van der Waals surface area contributed by atoms with Crippen molar-refractivity contribution < 1.29 is 19.4 Å². The summed E-state index contributed by atoms with van der Waals surface area (Å²) in [6.45, 7) is 1.58. The van der Waals surface area contributed by atoms with Gasteiger partial charge in [0.05, 0.1) is 17.2 Å². The van der Waals surface area contributed by atoms with E-state index in [1.807, 2.05) is 6.26 Å². The monoisotopic (exact) mass is 418 g/mol. The quantitative estimate of drug-likeness (QED) is 0.548. The van der Waals surface area contributed by atoms with Crippen molar-refractivity contribution in [1.29, 1.82) is 0 Å². The lowest BCUT2D eigenvalue weighted by Crippen LogP contribution is -2.42. The molecule has 0 amide bonds. The van der Waals surface area contributed by atoms with Gasteiger partial charge in [0.25, 0.3) is 0 Å². The molecular weight excluding hydrogens is 400 g/mol. The number of aromatic nitrogens is 2. The van der Waals surface area contributed by atoms with E-state index in [-0.39, 0.29) is 0 Å². The number of carboxylic acids is 1. The highest BCUT2D eigenvalue weighted by Crippen LogP contribution is 2.27. The van der Waals surface area contributed by atoms with Crippen molar-refractivity contribution in [3.05, 3.63) is 53.7 Å². The van der Waals surface area contributed by atoms with Gasteiger partial charge in [-0.3, -0.25) is 0 Å². The van der Waals surface area contributed by atoms with Gasteiger partial charge in [-0.15, -0.1) is 0 Å². The molecule has 146 valence electrons. The van der Waals surface area contributed by atoms with Gasteiger partial charge in [0.1, 0.15) is 11.5 Å². The maximum absolute atomic E-state index is 11.6. The molecule has 6 nitrogen and oxygen atoms in total. The zero-order valence-electron chi connectivity index (χ0n) is 15.4. The molecule has 0 aliphatic rings. The van der Waals surface area contributed by atoms with E-state index in [4.69, 9.17) is 21.1 Å². The first-order chi connectivity index (χ1) is 13.4. The van der Waals surface area contributed by atoms with Gasteiger partial charge in [0, 0.05) is 11.4 Å². The first-order valence-corrected chi connectivity index (χ1v) is 10.3. The van der Waals surface area contributed by atoms with Gasteiger partial charge in [0.2, 0.25) is 11.5 Å². The van der Waals surface area contributed by atoms with Crippen molar-refractivity contribution in [2.45, 2.75) is 18.9 Å². The molecule has 1 aromatic heterocycles. The number of aliphatic carboxylic acids is 1. The molecule has 0 aliphatic carbocycles. The third kappa shape index (κ3) is 4.85. The second kappa shape index (κ2) is 8.67. The number of hydrogen-bond acceptors (Lipinski definition) is 6. The van der Waals surface area contributed by atoms with Crippen LogP contribution in [-0.2, 0) is 4.79 Å². The molecule has 0 aliphatic heterocycles. The number of thioether (sulfide) groups is 1. The number of fused-ring (bicyclic) bond motifs is 1. The average Bonchev–Trinajstić information content (AvgIpc) is 2.68. The van der Waals surface area contributed by atoms with Gasteiger partial charge >= 0.3 is 5.97 Å². The normalized spacial score (nSPS) is 13.1. The number of carbonyl (C=O) groups is 1. The molecule has 8 heteroatoms. The third-order valence-electron chi connectivity index (χ3n) is 4.11. The fourth-order valence-electron chi connectivity index (χ4n) is 2.47. The van der Waals surface area contributed by atoms with Crippen LogP contribution in [0.25, 0.3) is 11.0 Å². The summed E-state index contributed by atoms with van der Waals surface area (Å²) in [6.07, 6.45) is 3.85. The minimum absolute atomic E-state index is 0.346. The molecule has 1 N–H and O–H groups in total. The molecule has 0 saturated carbocycles. The second-order valence-electron chi connectivity index (χ2n) is 6.30. The molecule has 0 fully saturated rings. The molecule has 1 unspecified atom stereocenters. The summed E-state index contributed by atoms with van der Waals surface area (Å²) < 4.78 is 11.5. The Morgan fingerprint density at radius 3 is 2.57 bits per heavy atom. The van der Waals surface area contributed by atoms with Gasteiger partial charge in [0.15, 0.2) is 0 Å². The summed E-state index contributed by atoms with van der Waals surface area (Å²) in [4.78, 5) is 20.3. The minimum atomic E-state index is -1.28. The van der Waals surface area contributed by atoms with E-state index in [0.717, 1.165) is 0 Å². The number of carboxylic acid groups (broad SMARTS) is 1. The molecule has 2 aromatic carbocycles. The third-order valence-corrected chi connectivity index (χ3v) is 4.95. The molecule has 0 radical (unpaired) electrons. The first-order valence-electron chi connectivity index (χ1n) is 8.51. The predicted molar refractivity (Wildman–Crippen MR) is 111 cm³/mol. The van der Waals surface area contributed by atoms with Crippen LogP contribution in [0, 0.1) is 0 Å². The summed E-state index contributed by atoms with van der Waals surface area (Å²) >= 11 is 7.53. The number of hydrogen-bond donors (Lipinski definition) is 1. The maximum atomic E-state index is 11.6. The van der Waals surface area contributed by atoms with Crippen LogP contribution < -0.4 is 9.47 Å². The Labute approximate surface area is 171 Å². The van der Waals surface area contributed by atoms with Crippen LogP contribution >= 0.6 is 23.4 Å². The van der Waals surface area contributed by atoms with Crippen molar-refractivity contribution in [3.8, 4) is 17.4 Å². The van der Waals surface area contributed by atoms with Gasteiger partial charge in [-0.1, -0.05) is 11.6 Å². The van der Waals surface area contributed by atoms with E-state index >= 15 is 0 Å². The van der Waals surface area contributed by atoms with Crippen LogP contribution in [0.2, 0.25) is 5.02 Å². The SMILES string of the molecule is CSCCC(C)(Oc1ccc(Oc2cnc3cc(Cl)ccc3n2)cc1)C(=O)O. The molecule has 3 rings (SSSR count). The largest absolute Gasteiger partial charge is 0.478 e. The van der Waals surface area contributed by atoms with Gasteiger partial charge in [-0.05, 0) is 61.4 Å². The van der Waals surface area contributed by atoms with Crippen molar-refractivity contribution in [3.63, 3.8) is 0 Å². The molecule has 3 aromatic rings. The highest BCUT2D eigenvalue weighted by molar-refractivity contribution is 7.98. The molecular formula is C20H19ClN2O4S.